The standard InChI is InChI=1S/C34H65NO4/c1-3-5-7-9-11-13-15-16-18-20-22-24-26-28-33(38)32(30-36)35-34(39)29-31(37)27-25-23-21-19-17-14-12-10-8-6-4-2/h19,21,25,27,31-33,36-38H,3-18,20,22-24,26,28-30H2,1-2H3,(H,35,39)/b21-19-,27-25-. The molecule has 0 aliphatic heterocycles. The van der Waals surface area contributed by atoms with Crippen molar-refractivity contribution in [3.8, 4) is 0 Å². The molecule has 0 spiro atoms. The molecular formula is C34H65NO4. The maximum atomic E-state index is 12.3. The van der Waals surface area contributed by atoms with Crippen LogP contribution in [0.5, 0.6) is 0 Å². The minimum Gasteiger partial charge on any atom is -0.394 e. The molecule has 0 saturated carbocycles. The number of rotatable bonds is 29. The van der Waals surface area contributed by atoms with Gasteiger partial charge in [-0.2, -0.15) is 0 Å². The first kappa shape index (κ1) is 37.8. The van der Waals surface area contributed by atoms with Gasteiger partial charge in [0.05, 0.1) is 31.3 Å². The van der Waals surface area contributed by atoms with Crippen molar-refractivity contribution in [2.24, 2.45) is 0 Å². The van der Waals surface area contributed by atoms with Gasteiger partial charge in [0.25, 0.3) is 0 Å². The van der Waals surface area contributed by atoms with Gasteiger partial charge in [-0.05, 0) is 25.7 Å². The number of hydrogen-bond donors (Lipinski definition) is 4. The second-order valence-corrected chi connectivity index (χ2v) is 11.4. The monoisotopic (exact) mass is 551 g/mol. The molecule has 0 saturated heterocycles. The molecule has 0 heterocycles. The Kier molecular flexibility index (Phi) is 28.9. The number of nitrogens with one attached hydrogen (secondary N) is 1. The topological polar surface area (TPSA) is 89.8 Å². The van der Waals surface area contributed by atoms with Crippen LogP contribution in [0.2, 0.25) is 0 Å². The Balaban J connectivity index is 3.82. The number of amides is 1. The van der Waals surface area contributed by atoms with Crippen molar-refractivity contribution < 1.29 is 20.1 Å². The average Bonchev–Trinajstić information content (AvgIpc) is 2.92. The Morgan fingerprint density at radius 1 is 0.667 bits per heavy atom. The van der Waals surface area contributed by atoms with Crippen LogP contribution < -0.4 is 5.32 Å². The number of aliphatic hydroxyl groups excluding tert-OH is 3. The zero-order chi connectivity index (χ0) is 28.8. The van der Waals surface area contributed by atoms with Crippen molar-refractivity contribution in [1.29, 1.82) is 0 Å². The van der Waals surface area contributed by atoms with Crippen molar-refractivity contribution in [1.82, 2.24) is 5.32 Å². The highest BCUT2D eigenvalue weighted by atomic mass is 16.3. The number of unbranched alkanes of at least 4 members (excludes halogenated alkanes) is 18. The number of allylic oxidation sites excluding steroid dienone is 3. The SMILES string of the molecule is CCCCCCCC/C=C\C/C=C\C(O)CC(=O)NC(CO)C(O)CCCCCCCCCCCCCCC. The van der Waals surface area contributed by atoms with E-state index in [0.717, 1.165) is 25.7 Å². The van der Waals surface area contributed by atoms with Crippen molar-refractivity contribution in [2.75, 3.05) is 6.61 Å². The highest BCUT2D eigenvalue weighted by Crippen LogP contribution is 2.14. The summed E-state index contributed by atoms with van der Waals surface area (Å²) in [7, 11) is 0. The van der Waals surface area contributed by atoms with Crippen molar-refractivity contribution >= 4 is 5.91 Å². The summed E-state index contributed by atoms with van der Waals surface area (Å²) < 4.78 is 0. The average molecular weight is 552 g/mol. The summed E-state index contributed by atoms with van der Waals surface area (Å²) in [5.41, 5.74) is 0. The van der Waals surface area contributed by atoms with Gasteiger partial charge < -0.3 is 20.6 Å². The van der Waals surface area contributed by atoms with Crippen molar-refractivity contribution in [3.05, 3.63) is 24.3 Å². The zero-order valence-corrected chi connectivity index (χ0v) is 25.8. The van der Waals surface area contributed by atoms with Gasteiger partial charge in [-0.3, -0.25) is 4.79 Å². The van der Waals surface area contributed by atoms with Crippen molar-refractivity contribution in [2.45, 2.75) is 180 Å². The third-order valence-corrected chi connectivity index (χ3v) is 7.53. The van der Waals surface area contributed by atoms with E-state index >= 15 is 0 Å². The molecule has 0 rings (SSSR count). The minimum atomic E-state index is -0.866. The maximum Gasteiger partial charge on any atom is 0.223 e. The normalized spacial score (nSPS) is 14.3. The molecule has 0 aromatic heterocycles. The van der Waals surface area contributed by atoms with Gasteiger partial charge in [-0.1, -0.05) is 154 Å². The molecule has 39 heavy (non-hydrogen) atoms. The molecular weight excluding hydrogens is 486 g/mol. The van der Waals surface area contributed by atoms with Gasteiger partial charge in [0.15, 0.2) is 0 Å². The Bertz CT molecular complexity index is 578. The molecule has 0 aliphatic carbocycles. The summed E-state index contributed by atoms with van der Waals surface area (Å²) in [5, 5.41) is 32.9. The second kappa shape index (κ2) is 29.8. The lowest BCUT2D eigenvalue weighted by atomic mass is 10.0. The van der Waals surface area contributed by atoms with E-state index in [9.17, 15) is 20.1 Å². The van der Waals surface area contributed by atoms with Gasteiger partial charge in [0, 0.05) is 0 Å². The third-order valence-electron chi connectivity index (χ3n) is 7.53. The van der Waals surface area contributed by atoms with E-state index in [1.54, 1.807) is 6.08 Å². The van der Waals surface area contributed by atoms with E-state index in [-0.39, 0.29) is 18.9 Å². The Morgan fingerprint density at radius 2 is 1.15 bits per heavy atom. The molecule has 4 N–H and O–H groups in total. The summed E-state index contributed by atoms with van der Waals surface area (Å²) in [5.74, 6) is -0.353. The van der Waals surface area contributed by atoms with Crippen LogP contribution in [0.15, 0.2) is 24.3 Å². The molecule has 3 atom stereocenters. The predicted molar refractivity (Wildman–Crippen MR) is 167 cm³/mol. The first-order chi connectivity index (χ1) is 19.0. The molecule has 5 heteroatoms. The molecule has 230 valence electrons. The molecule has 0 bridgehead atoms. The lowest BCUT2D eigenvalue weighted by Gasteiger charge is -2.22. The van der Waals surface area contributed by atoms with E-state index in [2.05, 4.69) is 31.3 Å². The fourth-order valence-electron chi connectivity index (χ4n) is 4.93. The maximum absolute atomic E-state index is 12.3. The Morgan fingerprint density at radius 3 is 1.67 bits per heavy atom. The summed E-state index contributed by atoms with van der Waals surface area (Å²) in [6.07, 6.45) is 32.9. The van der Waals surface area contributed by atoms with Crippen LogP contribution >= 0.6 is 0 Å². The molecule has 0 aromatic rings. The van der Waals surface area contributed by atoms with Gasteiger partial charge in [0.1, 0.15) is 0 Å². The van der Waals surface area contributed by atoms with E-state index in [0.29, 0.717) is 6.42 Å². The fourth-order valence-corrected chi connectivity index (χ4v) is 4.93. The van der Waals surface area contributed by atoms with Gasteiger partial charge in [-0.25, -0.2) is 0 Å². The summed E-state index contributed by atoms with van der Waals surface area (Å²) in [4.78, 5) is 12.3. The Labute approximate surface area is 241 Å². The lowest BCUT2D eigenvalue weighted by molar-refractivity contribution is -0.124. The van der Waals surface area contributed by atoms with Crippen LogP contribution in [-0.4, -0.2) is 46.1 Å². The van der Waals surface area contributed by atoms with Crippen LogP contribution in [0, 0.1) is 0 Å². The molecule has 0 radical (unpaired) electrons. The number of carbonyl (C=O) groups is 1. The highest BCUT2D eigenvalue weighted by molar-refractivity contribution is 5.77. The molecule has 5 nitrogen and oxygen atoms in total. The van der Waals surface area contributed by atoms with E-state index in [1.807, 2.05) is 6.08 Å². The second-order valence-electron chi connectivity index (χ2n) is 11.4. The van der Waals surface area contributed by atoms with Gasteiger partial charge >= 0.3 is 0 Å². The third kappa shape index (κ3) is 26.8. The first-order valence-electron chi connectivity index (χ1n) is 16.6. The number of aliphatic hydroxyl groups is 3. The molecule has 0 aliphatic rings. The van der Waals surface area contributed by atoms with Crippen LogP contribution in [0.4, 0.5) is 0 Å². The van der Waals surface area contributed by atoms with Crippen LogP contribution in [0.25, 0.3) is 0 Å². The fraction of sp³-hybridized carbons (Fsp3) is 0.853. The predicted octanol–water partition coefficient (Wildman–Crippen LogP) is 8.31. The van der Waals surface area contributed by atoms with Crippen molar-refractivity contribution in [3.63, 3.8) is 0 Å². The highest BCUT2D eigenvalue weighted by Gasteiger charge is 2.21. The molecule has 1 amide bonds. The van der Waals surface area contributed by atoms with Gasteiger partial charge in [-0.15, -0.1) is 0 Å². The van der Waals surface area contributed by atoms with E-state index < -0.39 is 18.2 Å². The molecule has 0 fully saturated rings. The quantitative estimate of drug-likeness (QED) is 0.0556. The Hall–Kier alpha value is -1.17. The van der Waals surface area contributed by atoms with Gasteiger partial charge in [0.2, 0.25) is 5.91 Å². The minimum absolute atomic E-state index is 0.0695. The summed E-state index contributed by atoms with van der Waals surface area (Å²) in [6, 6.07) is -0.684. The summed E-state index contributed by atoms with van der Waals surface area (Å²) in [6.45, 7) is 4.19. The van der Waals surface area contributed by atoms with E-state index in [1.165, 1.54) is 109 Å². The van der Waals surface area contributed by atoms with Crippen LogP contribution in [-0.2, 0) is 4.79 Å². The largest absolute Gasteiger partial charge is 0.394 e. The first-order valence-corrected chi connectivity index (χ1v) is 16.6. The van der Waals surface area contributed by atoms with Crippen LogP contribution in [0.1, 0.15) is 162 Å². The summed E-state index contributed by atoms with van der Waals surface area (Å²) >= 11 is 0. The molecule has 3 unspecified atom stereocenters. The smallest absolute Gasteiger partial charge is 0.223 e. The lowest BCUT2D eigenvalue weighted by Crippen LogP contribution is -2.46. The number of carbonyl (C=O) groups excluding carboxylic acids is 1. The molecule has 0 aromatic carbocycles. The number of hydrogen-bond acceptors (Lipinski definition) is 4. The zero-order valence-electron chi connectivity index (χ0n) is 25.8. The van der Waals surface area contributed by atoms with Crippen LogP contribution in [0.3, 0.4) is 0 Å². The van der Waals surface area contributed by atoms with E-state index in [4.69, 9.17) is 0 Å².